The lowest BCUT2D eigenvalue weighted by Gasteiger charge is -1.98. The monoisotopic (exact) mass is 378 g/mol. The van der Waals surface area contributed by atoms with Crippen LogP contribution in [0, 0.1) is 31.6 Å². The summed E-state index contributed by atoms with van der Waals surface area (Å²) in [5, 5.41) is 33.4. The lowest BCUT2D eigenvalue weighted by atomic mass is 10.1. The normalized spacial score (nSPS) is 11.0. The number of hydrogen-bond acceptors (Lipinski definition) is 7. The Balaban J connectivity index is 1.96. The lowest BCUT2D eigenvalue weighted by molar-refractivity contribution is -0.385. The molecule has 0 spiro atoms. The van der Waals surface area contributed by atoms with Gasteiger partial charge in [0.05, 0.1) is 26.7 Å². The molecule has 0 saturated carbocycles. The van der Waals surface area contributed by atoms with E-state index in [1.54, 1.807) is 35.7 Å². The average molecular weight is 378 g/mol. The van der Waals surface area contributed by atoms with Crippen molar-refractivity contribution in [3.8, 4) is 17.3 Å². The fourth-order valence-electron chi connectivity index (χ4n) is 2.36. The molecule has 1 aromatic heterocycles. The predicted molar refractivity (Wildman–Crippen MR) is 101 cm³/mol. The van der Waals surface area contributed by atoms with E-state index < -0.39 is 9.85 Å². The van der Waals surface area contributed by atoms with Gasteiger partial charge in [0.15, 0.2) is 0 Å². The Hall–Kier alpha value is -3.90. The maximum atomic E-state index is 11.1. The van der Waals surface area contributed by atoms with Gasteiger partial charge in [-0.2, -0.15) is 5.26 Å². The van der Waals surface area contributed by atoms with Crippen molar-refractivity contribution < 1.29 is 9.85 Å². The van der Waals surface area contributed by atoms with Gasteiger partial charge in [0.1, 0.15) is 11.1 Å². The highest BCUT2D eigenvalue weighted by Gasteiger charge is 2.14. The van der Waals surface area contributed by atoms with Gasteiger partial charge in [-0.25, -0.2) is 4.98 Å². The van der Waals surface area contributed by atoms with E-state index in [0.29, 0.717) is 21.8 Å². The molecule has 2 aromatic carbocycles. The van der Waals surface area contributed by atoms with E-state index in [9.17, 15) is 25.5 Å². The van der Waals surface area contributed by atoms with E-state index in [0.717, 1.165) is 0 Å². The van der Waals surface area contributed by atoms with Crippen LogP contribution in [0.25, 0.3) is 22.9 Å². The molecule has 0 amide bonds. The first kappa shape index (κ1) is 17.9. The van der Waals surface area contributed by atoms with Crippen molar-refractivity contribution in [1.82, 2.24) is 4.98 Å². The predicted octanol–water partition coefficient (Wildman–Crippen LogP) is 4.69. The number of rotatable bonds is 5. The molecule has 0 saturated heterocycles. The highest BCUT2D eigenvalue weighted by molar-refractivity contribution is 7.11. The maximum absolute atomic E-state index is 11.1. The molecule has 9 heteroatoms. The Kier molecular flexibility index (Phi) is 5.01. The van der Waals surface area contributed by atoms with Crippen molar-refractivity contribution in [2.75, 3.05) is 0 Å². The zero-order valence-electron chi connectivity index (χ0n) is 13.6. The largest absolute Gasteiger partial charge is 0.276 e. The number of nitro benzene ring substituents is 2. The zero-order valence-corrected chi connectivity index (χ0v) is 14.4. The molecular weight excluding hydrogens is 368 g/mol. The van der Waals surface area contributed by atoms with Gasteiger partial charge in [-0.1, -0.05) is 12.1 Å². The van der Waals surface area contributed by atoms with Gasteiger partial charge >= 0.3 is 0 Å². The first-order valence-electron chi connectivity index (χ1n) is 7.55. The number of allylic oxidation sites excluding steroid dienone is 1. The first-order chi connectivity index (χ1) is 13.0. The van der Waals surface area contributed by atoms with E-state index in [4.69, 9.17) is 0 Å². The molecule has 1 heterocycles. The van der Waals surface area contributed by atoms with Crippen LogP contribution >= 0.6 is 11.3 Å². The Bertz CT molecular complexity index is 1100. The van der Waals surface area contributed by atoms with Gasteiger partial charge in [-0.15, -0.1) is 11.3 Å². The molecule has 0 fully saturated rings. The van der Waals surface area contributed by atoms with Crippen molar-refractivity contribution in [3.05, 3.63) is 84.7 Å². The lowest BCUT2D eigenvalue weighted by Crippen LogP contribution is -1.91. The number of nitrogens with zero attached hydrogens (tertiary/aromatic N) is 4. The van der Waals surface area contributed by atoms with E-state index in [2.05, 4.69) is 4.98 Å². The number of non-ortho nitro benzene ring substituents is 1. The molecule has 8 nitrogen and oxygen atoms in total. The van der Waals surface area contributed by atoms with Crippen molar-refractivity contribution >= 4 is 34.4 Å². The molecule has 0 atom stereocenters. The average Bonchev–Trinajstić information content (AvgIpc) is 3.16. The Labute approximate surface area is 157 Å². The number of thiazole rings is 1. The Morgan fingerprint density at radius 1 is 1.07 bits per heavy atom. The van der Waals surface area contributed by atoms with E-state index in [-0.39, 0.29) is 16.9 Å². The standard InChI is InChI=1S/C18H10N4O4S/c19-10-14(9-13-3-1-2-4-17(13)22(25)26)18-20-16(11-27-18)12-5-7-15(8-6-12)21(23)24/h1-9,11H/b14-9-. The third-order valence-electron chi connectivity index (χ3n) is 3.66. The van der Waals surface area contributed by atoms with Gasteiger partial charge in [-0.3, -0.25) is 20.2 Å². The minimum atomic E-state index is -0.509. The zero-order chi connectivity index (χ0) is 19.4. The van der Waals surface area contributed by atoms with Gasteiger partial charge in [0.2, 0.25) is 0 Å². The van der Waals surface area contributed by atoms with E-state index in [1.807, 2.05) is 6.07 Å². The van der Waals surface area contributed by atoms with Crippen LogP contribution in [-0.4, -0.2) is 14.8 Å². The van der Waals surface area contributed by atoms with Gasteiger partial charge in [0, 0.05) is 29.1 Å². The van der Waals surface area contributed by atoms with Crippen molar-refractivity contribution in [2.24, 2.45) is 0 Å². The van der Waals surface area contributed by atoms with Crippen LogP contribution < -0.4 is 0 Å². The van der Waals surface area contributed by atoms with Crippen LogP contribution in [-0.2, 0) is 0 Å². The molecule has 132 valence electrons. The third-order valence-corrected chi connectivity index (χ3v) is 4.54. The molecule has 0 unspecified atom stereocenters. The highest BCUT2D eigenvalue weighted by atomic mass is 32.1. The van der Waals surface area contributed by atoms with Crippen LogP contribution in [0.1, 0.15) is 10.6 Å². The minimum absolute atomic E-state index is 0.0248. The third kappa shape index (κ3) is 3.86. The summed E-state index contributed by atoms with van der Waals surface area (Å²) in [6.07, 6.45) is 1.43. The molecule has 3 rings (SSSR count). The number of aromatic nitrogens is 1. The molecule has 0 N–H and O–H groups in total. The second-order valence-electron chi connectivity index (χ2n) is 5.33. The summed E-state index contributed by atoms with van der Waals surface area (Å²) in [6, 6.07) is 14.1. The van der Waals surface area contributed by atoms with Crippen molar-refractivity contribution in [3.63, 3.8) is 0 Å². The van der Waals surface area contributed by atoms with Crippen molar-refractivity contribution in [2.45, 2.75) is 0 Å². The molecule has 0 aliphatic heterocycles. The second-order valence-corrected chi connectivity index (χ2v) is 6.19. The topological polar surface area (TPSA) is 123 Å². The molecular formula is C18H10N4O4S. The molecule has 0 aliphatic carbocycles. The minimum Gasteiger partial charge on any atom is -0.258 e. The maximum Gasteiger partial charge on any atom is 0.276 e. The van der Waals surface area contributed by atoms with Crippen LogP contribution in [0.5, 0.6) is 0 Å². The van der Waals surface area contributed by atoms with E-state index in [1.165, 1.54) is 35.6 Å². The number of benzene rings is 2. The summed E-state index contributed by atoms with van der Waals surface area (Å²) in [7, 11) is 0. The van der Waals surface area contributed by atoms with Crippen LogP contribution in [0.15, 0.2) is 53.9 Å². The molecule has 0 radical (unpaired) electrons. The molecule has 3 aromatic rings. The van der Waals surface area contributed by atoms with Gasteiger partial charge in [-0.05, 0) is 24.3 Å². The van der Waals surface area contributed by atoms with E-state index >= 15 is 0 Å². The first-order valence-corrected chi connectivity index (χ1v) is 8.43. The van der Waals surface area contributed by atoms with Crippen LogP contribution in [0.4, 0.5) is 11.4 Å². The number of nitro groups is 2. The number of hydrogen-bond donors (Lipinski definition) is 0. The summed E-state index contributed by atoms with van der Waals surface area (Å²) in [5.41, 5.74) is 1.62. The molecule has 0 aliphatic rings. The summed E-state index contributed by atoms with van der Waals surface area (Å²) in [6.45, 7) is 0. The van der Waals surface area contributed by atoms with Crippen LogP contribution in [0.3, 0.4) is 0 Å². The summed E-state index contributed by atoms with van der Waals surface area (Å²) in [5.74, 6) is 0. The SMILES string of the molecule is N#C/C(=C/c1ccccc1[N+](=O)[O-])c1nc(-c2ccc([N+](=O)[O-])cc2)cs1. The summed E-state index contributed by atoms with van der Waals surface area (Å²) in [4.78, 5) is 25.2. The van der Waals surface area contributed by atoms with Gasteiger partial charge in [0.25, 0.3) is 11.4 Å². The summed E-state index contributed by atoms with van der Waals surface area (Å²) < 4.78 is 0. The highest BCUT2D eigenvalue weighted by Crippen LogP contribution is 2.29. The fourth-order valence-corrected chi connectivity index (χ4v) is 3.15. The second kappa shape index (κ2) is 7.55. The molecule has 27 heavy (non-hydrogen) atoms. The number of nitriles is 1. The molecule has 0 bridgehead atoms. The van der Waals surface area contributed by atoms with Gasteiger partial charge < -0.3 is 0 Å². The Morgan fingerprint density at radius 2 is 1.78 bits per heavy atom. The summed E-state index contributed by atoms with van der Waals surface area (Å²) >= 11 is 1.22. The fraction of sp³-hybridized carbons (Fsp3) is 0. The Morgan fingerprint density at radius 3 is 2.41 bits per heavy atom. The number of para-hydroxylation sites is 1. The van der Waals surface area contributed by atoms with Crippen molar-refractivity contribution in [1.29, 1.82) is 5.26 Å². The quantitative estimate of drug-likeness (QED) is 0.360. The smallest absolute Gasteiger partial charge is 0.258 e. The van der Waals surface area contributed by atoms with Crippen LogP contribution in [0.2, 0.25) is 0 Å².